The van der Waals surface area contributed by atoms with Crippen LogP contribution in [0.5, 0.6) is 11.5 Å². The number of carbonyl (C=O) groups is 1. The second-order valence-corrected chi connectivity index (χ2v) is 2.75. The van der Waals surface area contributed by atoms with Crippen LogP contribution < -0.4 is 5.32 Å². The fourth-order valence-corrected chi connectivity index (χ4v) is 1.11. The van der Waals surface area contributed by atoms with Gasteiger partial charge in [0.1, 0.15) is 0 Å². The molecule has 1 amide bonds. The number of benzene rings is 1. The number of nitrogens with one attached hydrogen (secondary N) is 1. The first kappa shape index (κ1) is 9.67. The lowest BCUT2D eigenvalue weighted by molar-refractivity contribution is 0.0963. The third-order valence-electron chi connectivity index (χ3n) is 1.57. The summed E-state index contributed by atoms with van der Waals surface area (Å²) in [6.07, 6.45) is 0. The molecule has 0 heterocycles. The molecule has 0 atom stereocenters. The predicted molar refractivity (Wildman–Crippen MR) is 48.2 cm³/mol. The molecule has 5 heteroatoms. The first-order valence-electron chi connectivity index (χ1n) is 3.50. The molecular weight excluding hydrogens is 194 g/mol. The van der Waals surface area contributed by atoms with E-state index in [-0.39, 0.29) is 16.3 Å². The average Bonchev–Trinajstić information content (AvgIpc) is 2.13. The fraction of sp³-hybridized carbons (Fsp3) is 0.125. The Morgan fingerprint density at radius 1 is 1.46 bits per heavy atom. The summed E-state index contributed by atoms with van der Waals surface area (Å²) in [5.74, 6) is -1.25. The van der Waals surface area contributed by atoms with Gasteiger partial charge < -0.3 is 15.5 Å². The first-order chi connectivity index (χ1) is 6.07. The number of amides is 1. The lowest BCUT2D eigenvalue weighted by atomic mass is 10.2. The Bertz CT molecular complexity index is 351. The normalized spacial score (nSPS) is 9.69. The van der Waals surface area contributed by atoms with Crippen LogP contribution in [0.4, 0.5) is 0 Å². The Labute approximate surface area is 79.8 Å². The highest BCUT2D eigenvalue weighted by Gasteiger charge is 2.14. The van der Waals surface area contributed by atoms with Crippen molar-refractivity contribution in [2.75, 3.05) is 7.05 Å². The summed E-state index contributed by atoms with van der Waals surface area (Å²) in [6, 6.07) is 2.53. The van der Waals surface area contributed by atoms with E-state index in [2.05, 4.69) is 5.32 Å². The van der Waals surface area contributed by atoms with Gasteiger partial charge in [-0.1, -0.05) is 11.6 Å². The summed E-state index contributed by atoms with van der Waals surface area (Å²) < 4.78 is 0. The molecule has 0 aliphatic carbocycles. The fourth-order valence-electron chi connectivity index (χ4n) is 0.864. The van der Waals surface area contributed by atoms with Crippen molar-refractivity contribution in [1.29, 1.82) is 0 Å². The highest BCUT2D eigenvalue weighted by Crippen LogP contribution is 2.35. The average molecular weight is 202 g/mol. The Hall–Kier alpha value is -1.42. The van der Waals surface area contributed by atoms with Crippen LogP contribution in [0.1, 0.15) is 10.4 Å². The van der Waals surface area contributed by atoms with Crippen molar-refractivity contribution < 1.29 is 15.0 Å². The molecule has 0 aromatic heterocycles. The molecule has 0 radical (unpaired) electrons. The van der Waals surface area contributed by atoms with Crippen molar-refractivity contribution in [3.63, 3.8) is 0 Å². The summed E-state index contributed by atoms with van der Waals surface area (Å²) >= 11 is 5.60. The quantitative estimate of drug-likeness (QED) is 0.597. The molecule has 0 fully saturated rings. The number of hydrogen-bond acceptors (Lipinski definition) is 3. The van der Waals surface area contributed by atoms with Gasteiger partial charge in [0.15, 0.2) is 11.5 Å². The monoisotopic (exact) mass is 201 g/mol. The minimum atomic E-state index is -0.484. The van der Waals surface area contributed by atoms with Gasteiger partial charge in [-0.3, -0.25) is 4.79 Å². The molecule has 0 bridgehead atoms. The highest BCUT2D eigenvalue weighted by molar-refractivity contribution is 6.35. The molecule has 0 aliphatic heterocycles. The third-order valence-corrected chi connectivity index (χ3v) is 1.95. The van der Waals surface area contributed by atoms with Crippen LogP contribution in [0.2, 0.25) is 5.02 Å². The van der Waals surface area contributed by atoms with E-state index < -0.39 is 11.7 Å². The lowest BCUT2D eigenvalue weighted by Crippen LogP contribution is -2.18. The van der Waals surface area contributed by atoms with E-state index in [4.69, 9.17) is 21.8 Å². The van der Waals surface area contributed by atoms with Crippen LogP contribution in [-0.4, -0.2) is 23.2 Å². The summed E-state index contributed by atoms with van der Waals surface area (Å²) in [7, 11) is 1.45. The summed E-state index contributed by atoms with van der Waals surface area (Å²) in [6.45, 7) is 0. The van der Waals surface area contributed by atoms with Crippen molar-refractivity contribution in [2.24, 2.45) is 0 Å². The molecule has 0 aliphatic rings. The zero-order chi connectivity index (χ0) is 10.0. The van der Waals surface area contributed by atoms with Crippen LogP contribution >= 0.6 is 11.6 Å². The molecule has 4 nitrogen and oxygen atoms in total. The number of phenols is 2. The van der Waals surface area contributed by atoms with E-state index >= 15 is 0 Å². The first-order valence-corrected chi connectivity index (χ1v) is 3.88. The van der Waals surface area contributed by atoms with E-state index in [0.717, 1.165) is 0 Å². The van der Waals surface area contributed by atoms with Crippen LogP contribution in [0, 0.1) is 0 Å². The highest BCUT2D eigenvalue weighted by atomic mass is 35.5. The predicted octanol–water partition coefficient (Wildman–Crippen LogP) is 1.11. The van der Waals surface area contributed by atoms with Gasteiger partial charge in [-0.15, -0.1) is 0 Å². The molecule has 1 aromatic carbocycles. The maximum Gasteiger partial charge on any atom is 0.252 e. The number of hydrogen-bond donors (Lipinski definition) is 3. The molecule has 0 unspecified atom stereocenters. The lowest BCUT2D eigenvalue weighted by Gasteiger charge is -2.05. The van der Waals surface area contributed by atoms with E-state index in [1.807, 2.05) is 0 Å². The summed E-state index contributed by atoms with van der Waals surface area (Å²) in [5, 5.41) is 20.4. The molecule has 1 rings (SSSR count). The Morgan fingerprint density at radius 3 is 2.62 bits per heavy atom. The Kier molecular flexibility index (Phi) is 2.63. The molecule has 0 spiro atoms. The largest absolute Gasteiger partial charge is 0.504 e. The SMILES string of the molecule is CNC(=O)c1ccc(O)c(O)c1Cl. The zero-order valence-corrected chi connectivity index (χ0v) is 7.59. The smallest absolute Gasteiger partial charge is 0.252 e. The van der Waals surface area contributed by atoms with Gasteiger partial charge in [-0.05, 0) is 12.1 Å². The molecule has 1 aromatic rings. The molecule has 3 N–H and O–H groups in total. The van der Waals surface area contributed by atoms with E-state index in [0.29, 0.717) is 0 Å². The molecular formula is C8H8ClNO3. The van der Waals surface area contributed by atoms with Gasteiger partial charge in [-0.25, -0.2) is 0 Å². The summed E-state index contributed by atoms with van der Waals surface area (Å²) in [4.78, 5) is 11.1. The van der Waals surface area contributed by atoms with Gasteiger partial charge in [0, 0.05) is 7.05 Å². The Morgan fingerprint density at radius 2 is 2.08 bits per heavy atom. The topological polar surface area (TPSA) is 69.6 Å². The van der Waals surface area contributed by atoms with Gasteiger partial charge in [0.05, 0.1) is 10.6 Å². The number of carbonyl (C=O) groups excluding carboxylic acids is 1. The number of halogens is 1. The standard InChI is InChI=1S/C8H8ClNO3/c1-10-8(13)4-2-3-5(11)7(12)6(4)9/h2-3,11-12H,1H3,(H,10,13). The number of rotatable bonds is 1. The number of aromatic hydroxyl groups is 2. The minimum Gasteiger partial charge on any atom is -0.504 e. The van der Waals surface area contributed by atoms with Gasteiger partial charge in [0.2, 0.25) is 0 Å². The Balaban J connectivity index is 3.26. The van der Waals surface area contributed by atoms with Crippen molar-refractivity contribution in [2.45, 2.75) is 0 Å². The zero-order valence-electron chi connectivity index (χ0n) is 6.84. The molecule has 70 valence electrons. The van der Waals surface area contributed by atoms with Gasteiger partial charge >= 0.3 is 0 Å². The summed E-state index contributed by atoms with van der Waals surface area (Å²) in [5.41, 5.74) is 0.125. The van der Waals surface area contributed by atoms with Crippen LogP contribution in [0.25, 0.3) is 0 Å². The van der Waals surface area contributed by atoms with E-state index in [1.54, 1.807) is 0 Å². The van der Waals surface area contributed by atoms with E-state index in [9.17, 15) is 4.79 Å². The molecule has 0 saturated carbocycles. The van der Waals surface area contributed by atoms with Gasteiger partial charge in [0.25, 0.3) is 5.91 Å². The van der Waals surface area contributed by atoms with Crippen molar-refractivity contribution in [1.82, 2.24) is 5.32 Å². The maximum absolute atomic E-state index is 11.1. The number of phenolic OH excluding ortho intramolecular Hbond substituents is 2. The van der Waals surface area contributed by atoms with Crippen molar-refractivity contribution >= 4 is 17.5 Å². The van der Waals surface area contributed by atoms with Gasteiger partial charge in [-0.2, -0.15) is 0 Å². The van der Waals surface area contributed by atoms with Crippen molar-refractivity contribution in [3.05, 3.63) is 22.7 Å². The van der Waals surface area contributed by atoms with Crippen LogP contribution in [0.3, 0.4) is 0 Å². The second-order valence-electron chi connectivity index (χ2n) is 2.37. The van der Waals surface area contributed by atoms with Crippen LogP contribution in [-0.2, 0) is 0 Å². The maximum atomic E-state index is 11.1. The molecule has 13 heavy (non-hydrogen) atoms. The van der Waals surface area contributed by atoms with Crippen molar-refractivity contribution in [3.8, 4) is 11.5 Å². The third kappa shape index (κ3) is 1.67. The van der Waals surface area contributed by atoms with Crippen LogP contribution in [0.15, 0.2) is 12.1 Å². The molecule has 0 saturated heterocycles. The van der Waals surface area contributed by atoms with E-state index in [1.165, 1.54) is 19.2 Å². The second kappa shape index (κ2) is 3.53. The minimum absolute atomic E-state index is 0.125.